The third-order valence-corrected chi connectivity index (χ3v) is 7.98. The normalized spacial score (nSPS) is 22.9. The molecule has 2 saturated heterocycles. The maximum Gasteiger partial charge on any atom is 0.225 e. The molecule has 1 aromatic rings. The quantitative estimate of drug-likeness (QED) is 0.635. The number of benzene rings is 1. The fourth-order valence-electron chi connectivity index (χ4n) is 5.91. The van der Waals surface area contributed by atoms with E-state index in [0.29, 0.717) is 11.9 Å². The number of ether oxygens (including phenoxy) is 1. The van der Waals surface area contributed by atoms with Crippen molar-refractivity contribution in [2.45, 2.75) is 83.7 Å². The highest BCUT2D eigenvalue weighted by atomic mass is 16.5. The van der Waals surface area contributed by atoms with Crippen molar-refractivity contribution in [2.75, 3.05) is 44.3 Å². The van der Waals surface area contributed by atoms with Crippen LogP contribution in [0.5, 0.6) is 0 Å². The zero-order valence-electron chi connectivity index (χ0n) is 21.1. The molecule has 0 saturated carbocycles. The lowest BCUT2D eigenvalue weighted by Gasteiger charge is -2.40. The number of nitrogens with zero attached hydrogens (tertiary/aromatic N) is 3. The number of rotatable bonds is 2. The van der Waals surface area contributed by atoms with Crippen molar-refractivity contribution >= 4 is 17.5 Å². The summed E-state index contributed by atoms with van der Waals surface area (Å²) >= 11 is 0. The smallest absolute Gasteiger partial charge is 0.225 e. The zero-order valence-corrected chi connectivity index (χ0v) is 21.1. The van der Waals surface area contributed by atoms with Gasteiger partial charge in [0.1, 0.15) is 0 Å². The van der Waals surface area contributed by atoms with Crippen LogP contribution in [0.3, 0.4) is 0 Å². The third-order valence-electron chi connectivity index (χ3n) is 7.98. The van der Waals surface area contributed by atoms with Gasteiger partial charge in [-0.1, -0.05) is 43.9 Å². The summed E-state index contributed by atoms with van der Waals surface area (Å²) in [6, 6.07) is 8.95. The summed E-state index contributed by atoms with van der Waals surface area (Å²) in [5.41, 5.74) is 2.32. The largest absolute Gasteiger partial charge is 0.381 e. The molecule has 0 N–H and O–H groups in total. The van der Waals surface area contributed by atoms with Crippen LogP contribution in [0, 0.1) is 5.92 Å². The van der Waals surface area contributed by atoms with Gasteiger partial charge in [-0.15, -0.1) is 0 Å². The second-order valence-corrected chi connectivity index (χ2v) is 10.3. The van der Waals surface area contributed by atoms with E-state index in [1.54, 1.807) is 6.92 Å². The molecule has 0 spiro atoms. The standard InChI is InChI=1S/C28H43N3O3/c1-23(32)31-17-9-5-3-2-4-8-16-30(22-25-10-6-7-11-27(25)31)26-12-18-29(19-13-26)28(33)24-14-20-34-21-15-24/h6-7,10-11,24,26H,2-5,8-9,12-22H2,1H3. The summed E-state index contributed by atoms with van der Waals surface area (Å²) < 4.78 is 5.45. The molecule has 3 aliphatic heterocycles. The number of amides is 2. The van der Waals surface area contributed by atoms with E-state index >= 15 is 0 Å². The molecule has 0 aromatic heterocycles. The van der Waals surface area contributed by atoms with Crippen molar-refractivity contribution in [3.8, 4) is 0 Å². The van der Waals surface area contributed by atoms with E-state index in [0.717, 1.165) is 83.7 Å². The number of piperidine rings is 1. The highest BCUT2D eigenvalue weighted by molar-refractivity contribution is 5.92. The molecule has 4 rings (SSSR count). The topological polar surface area (TPSA) is 53.1 Å². The Morgan fingerprint density at radius 3 is 2.18 bits per heavy atom. The lowest BCUT2D eigenvalue weighted by Crippen LogP contribution is -2.48. The monoisotopic (exact) mass is 469 g/mol. The highest BCUT2D eigenvalue weighted by Crippen LogP contribution is 2.28. The number of fused-ring (bicyclic) bond motifs is 1. The van der Waals surface area contributed by atoms with Crippen molar-refractivity contribution in [1.29, 1.82) is 0 Å². The number of para-hydroxylation sites is 1. The lowest BCUT2D eigenvalue weighted by atomic mass is 9.95. The highest BCUT2D eigenvalue weighted by Gasteiger charge is 2.31. The number of carbonyl (C=O) groups excluding carboxylic acids is 2. The molecule has 34 heavy (non-hydrogen) atoms. The first-order chi connectivity index (χ1) is 16.6. The second kappa shape index (κ2) is 12.7. The molecule has 3 aliphatic rings. The molecule has 1 aromatic carbocycles. The number of hydrogen-bond acceptors (Lipinski definition) is 4. The Morgan fingerprint density at radius 1 is 0.824 bits per heavy atom. The van der Waals surface area contributed by atoms with Gasteiger partial charge in [0.15, 0.2) is 0 Å². The number of likely N-dealkylation sites (tertiary alicyclic amines) is 1. The van der Waals surface area contributed by atoms with Crippen molar-refractivity contribution in [2.24, 2.45) is 5.92 Å². The van der Waals surface area contributed by atoms with Crippen LogP contribution in [0.15, 0.2) is 24.3 Å². The van der Waals surface area contributed by atoms with Crippen molar-refractivity contribution in [3.05, 3.63) is 29.8 Å². The fraction of sp³-hybridized carbons (Fsp3) is 0.714. The Morgan fingerprint density at radius 2 is 1.47 bits per heavy atom. The average Bonchev–Trinajstić information content (AvgIpc) is 2.89. The SMILES string of the molecule is CC(=O)N1CCCCCCCCN(C2CCN(C(=O)C3CCOCC3)CC2)Cc2ccccc21. The molecule has 0 radical (unpaired) electrons. The van der Waals surface area contributed by atoms with Gasteiger partial charge in [-0.05, 0) is 56.7 Å². The van der Waals surface area contributed by atoms with Gasteiger partial charge >= 0.3 is 0 Å². The molecule has 2 amide bonds. The molecule has 0 aliphatic carbocycles. The lowest BCUT2D eigenvalue weighted by molar-refractivity contribution is -0.140. The first-order valence-electron chi connectivity index (χ1n) is 13.6. The van der Waals surface area contributed by atoms with Crippen molar-refractivity contribution in [1.82, 2.24) is 9.80 Å². The van der Waals surface area contributed by atoms with E-state index in [1.807, 2.05) is 4.90 Å². The van der Waals surface area contributed by atoms with Gasteiger partial charge in [0.25, 0.3) is 0 Å². The van der Waals surface area contributed by atoms with Crippen molar-refractivity contribution in [3.63, 3.8) is 0 Å². The molecule has 3 heterocycles. The summed E-state index contributed by atoms with van der Waals surface area (Å²) in [6.07, 6.45) is 11.1. The van der Waals surface area contributed by atoms with Crippen LogP contribution in [-0.2, 0) is 20.9 Å². The Labute approximate surface area is 205 Å². The number of hydrogen-bond donors (Lipinski definition) is 0. The van der Waals surface area contributed by atoms with Gasteiger partial charge in [-0.3, -0.25) is 14.5 Å². The molecule has 6 heteroatoms. The van der Waals surface area contributed by atoms with Crippen LogP contribution in [0.4, 0.5) is 5.69 Å². The van der Waals surface area contributed by atoms with E-state index in [-0.39, 0.29) is 11.8 Å². The molecule has 188 valence electrons. The minimum atomic E-state index is 0.133. The van der Waals surface area contributed by atoms with E-state index in [1.165, 1.54) is 37.7 Å². The first kappa shape index (κ1) is 25.2. The second-order valence-electron chi connectivity index (χ2n) is 10.3. The molecule has 0 bridgehead atoms. The van der Waals surface area contributed by atoms with Crippen LogP contribution in [-0.4, -0.2) is 67.0 Å². The number of carbonyl (C=O) groups is 2. The predicted octanol–water partition coefficient (Wildman–Crippen LogP) is 4.61. The summed E-state index contributed by atoms with van der Waals surface area (Å²) in [6.45, 7) is 7.62. The van der Waals surface area contributed by atoms with Gasteiger partial charge in [0.05, 0.1) is 0 Å². The third kappa shape index (κ3) is 6.60. The maximum absolute atomic E-state index is 13.0. The molecule has 0 atom stereocenters. The van der Waals surface area contributed by atoms with Gasteiger partial charge in [0.2, 0.25) is 11.8 Å². The molecule has 0 unspecified atom stereocenters. The molecule has 6 nitrogen and oxygen atoms in total. The van der Waals surface area contributed by atoms with Crippen molar-refractivity contribution < 1.29 is 14.3 Å². The summed E-state index contributed by atoms with van der Waals surface area (Å²) in [5, 5.41) is 0. The summed E-state index contributed by atoms with van der Waals surface area (Å²) in [4.78, 5) is 32.3. The Balaban J connectivity index is 1.45. The van der Waals surface area contributed by atoms with E-state index in [9.17, 15) is 9.59 Å². The summed E-state index contributed by atoms with van der Waals surface area (Å²) in [7, 11) is 0. The van der Waals surface area contributed by atoms with Crippen LogP contribution >= 0.6 is 0 Å². The fourth-order valence-corrected chi connectivity index (χ4v) is 5.91. The van der Waals surface area contributed by atoms with Crippen LogP contribution in [0.2, 0.25) is 0 Å². The van der Waals surface area contributed by atoms with E-state index in [2.05, 4.69) is 34.1 Å². The van der Waals surface area contributed by atoms with Gasteiger partial charge < -0.3 is 14.5 Å². The van der Waals surface area contributed by atoms with E-state index < -0.39 is 0 Å². The van der Waals surface area contributed by atoms with Crippen LogP contribution in [0.25, 0.3) is 0 Å². The van der Waals surface area contributed by atoms with Crippen LogP contribution < -0.4 is 4.90 Å². The maximum atomic E-state index is 13.0. The summed E-state index contributed by atoms with van der Waals surface area (Å²) in [5.74, 6) is 0.628. The number of anilines is 1. The minimum Gasteiger partial charge on any atom is -0.381 e. The predicted molar refractivity (Wildman–Crippen MR) is 136 cm³/mol. The first-order valence-corrected chi connectivity index (χ1v) is 13.6. The molecular formula is C28H43N3O3. The average molecular weight is 470 g/mol. The van der Waals surface area contributed by atoms with Crippen LogP contribution in [0.1, 0.15) is 76.7 Å². The van der Waals surface area contributed by atoms with Gasteiger partial charge in [-0.25, -0.2) is 0 Å². The minimum absolute atomic E-state index is 0.133. The zero-order chi connectivity index (χ0) is 23.8. The Bertz CT molecular complexity index is 800. The van der Waals surface area contributed by atoms with E-state index in [4.69, 9.17) is 4.74 Å². The van der Waals surface area contributed by atoms with Gasteiger partial charge in [0, 0.05) is 64.0 Å². The Kier molecular flexibility index (Phi) is 9.40. The Hall–Kier alpha value is -1.92. The molecule has 2 fully saturated rings. The van der Waals surface area contributed by atoms with Gasteiger partial charge in [-0.2, -0.15) is 0 Å². The molecular weight excluding hydrogens is 426 g/mol.